The summed E-state index contributed by atoms with van der Waals surface area (Å²) in [6, 6.07) is 9.41. The lowest BCUT2D eigenvalue weighted by Gasteiger charge is -2.22. The Balaban J connectivity index is 1.83. The van der Waals surface area contributed by atoms with Gasteiger partial charge in [-0.25, -0.2) is 8.42 Å². The van der Waals surface area contributed by atoms with Gasteiger partial charge in [-0.2, -0.15) is 4.72 Å². The van der Waals surface area contributed by atoms with Gasteiger partial charge in [-0.1, -0.05) is 26.0 Å². The number of amides is 2. The molecule has 0 unspecified atom stereocenters. The molecule has 2 aromatic carbocycles. The first-order chi connectivity index (χ1) is 14.6. The normalized spacial score (nSPS) is 15.1. The summed E-state index contributed by atoms with van der Waals surface area (Å²) in [6.07, 6.45) is 1.67. The van der Waals surface area contributed by atoms with E-state index in [-0.39, 0.29) is 16.7 Å². The Hall–Kier alpha value is -2.71. The van der Waals surface area contributed by atoms with Gasteiger partial charge in [0.25, 0.3) is 0 Å². The van der Waals surface area contributed by atoms with Crippen molar-refractivity contribution in [2.75, 3.05) is 10.6 Å². The van der Waals surface area contributed by atoms with Gasteiger partial charge in [0.1, 0.15) is 6.04 Å². The Labute approximate surface area is 183 Å². The van der Waals surface area contributed by atoms with E-state index in [0.717, 1.165) is 16.7 Å². The molecular formula is C23H29N3O4S. The fourth-order valence-corrected chi connectivity index (χ4v) is 4.92. The second-order valence-electron chi connectivity index (χ2n) is 8.37. The van der Waals surface area contributed by atoms with E-state index in [2.05, 4.69) is 15.4 Å². The first-order valence-corrected chi connectivity index (χ1v) is 11.9. The summed E-state index contributed by atoms with van der Waals surface area (Å²) in [5.74, 6) is -0.746. The molecule has 0 spiro atoms. The van der Waals surface area contributed by atoms with Gasteiger partial charge in [-0.3, -0.25) is 9.59 Å². The molecule has 2 amide bonds. The third kappa shape index (κ3) is 5.51. The minimum absolute atomic E-state index is 0.0736. The van der Waals surface area contributed by atoms with Gasteiger partial charge in [-0.05, 0) is 73.6 Å². The largest absolute Gasteiger partial charge is 0.326 e. The third-order valence-electron chi connectivity index (χ3n) is 5.39. The molecule has 31 heavy (non-hydrogen) atoms. The van der Waals surface area contributed by atoms with E-state index in [4.69, 9.17) is 0 Å². The van der Waals surface area contributed by atoms with Crippen LogP contribution in [-0.2, 0) is 26.0 Å². The average Bonchev–Trinajstić information content (AvgIpc) is 2.88. The minimum atomic E-state index is -3.94. The fourth-order valence-electron chi connectivity index (χ4n) is 3.53. The fraction of sp³-hybridized carbons (Fsp3) is 0.391. The molecule has 166 valence electrons. The maximum absolute atomic E-state index is 13.1. The summed E-state index contributed by atoms with van der Waals surface area (Å²) >= 11 is 0. The first-order valence-electron chi connectivity index (χ1n) is 10.4. The Bertz CT molecular complexity index is 1110. The molecule has 1 aliphatic rings. The zero-order valence-corrected chi connectivity index (χ0v) is 19.1. The van der Waals surface area contributed by atoms with Gasteiger partial charge in [0.15, 0.2) is 0 Å². The summed E-state index contributed by atoms with van der Waals surface area (Å²) in [4.78, 5) is 24.8. The lowest BCUT2D eigenvalue weighted by atomic mass is 10.0. The van der Waals surface area contributed by atoms with Gasteiger partial charge in [0, 0.05) is 17.8 Å². The average molecular weight is 444 g/mol. The summed E-state index contributed by atoms with van der Waals surface area (Å²) < 4.78 is 28.7. The van der Waals surface area contributed by atoms with Crippen molar-refractivity contribution >= 4 is 33.2 Å². The van der Waals surface area contributed by atoms with Crippen LogP contribution in [0.25, 0.3) is 0 Å². The number of hydrogen-bond donors (Lipinski definition) is 3. The third-order valence-corrected chi connectivity index (χ3v) is 6.83. The molecule has 0 saturated heterocycles. The molecule has 0 fully saturated rings. The predicted molar refractivity (Wildman–Crippen MR) is 122 cm³/mol. The van der Waals surface area contributed by atoms with Crippen LogP contribution >= 0.6 is 0 Å². The van der Waals surface area contributed by atoms with Crippen LogP contribution in [0.4, 0.5) is 11.4 Å². The zero-order valence-electron chi connectivity index (χ0n) is 18.3. The maximum atomic E-state index is 13.1. The molecule has 0 radical (unpaired) electrons. The number of nitrogens with one attached hydrogen (secondary N) is 3. The second-order valence-corrected chi connectivity index (χ2v) is 10.1. The monoisotopic (exact) mass is 443 g/mol. The van der Waals surface area contributed by atoms with E-state index in [1.807, 2.05) is 32.0 Å². The summed E-state index contributed by atoms with van der Waals surface area (Å²) in [5, 5.41) is 5.65. The number of fused-ring (bicyclic) bond motifs is 1. The lowest BCUT2D eigenvalue weighted by Crippen LogP contribution is -2.47. The van der Waals surface area contributed by atoms with Gasteiger partial charge in [0.05, 0.1) is 4.90 Å². The van der Waals surface area contributed by atoms with Crippen molar-refractivity contribution in [2.24, 2.45) is 5.92 Å². The number of sulfonamides is 1. The van der Waals surface area contributed by atoms with Gasteiger partial charge in [-0.15, -0.1) is 0 Å². The van der Waals surface area contributed by atoms with E-state index in [9.17, 15) is 18.0 Å². The van der Waals surface area contributed by atoms with E-state index in [0.29, 0.717) is 30.6 Å². The van der Waals surface area contributed by atoms with Crippen molar-refractivity contribution in [3.63, 3.8) is 0 Å². The van der Waals surface area contributed by atoms with Crippen molar-refractivity contribution in [1.82, 2.24) is 4.72 Å². The Morgan fingerprint density at radius 1 is 1.06 bits per heavy atom. The van der Waals surface area contributed by atoms with Crippen molar-refractivity contribution in [1.29, 1.82) is 0 Å². The van der Waals surface area contributed by atoms with E-state index in [1.165, 1.54) is 6.07 Å². The van der Waals surface area contributed by atoms with E-state index < -0.39 is 22.0 Å². The van der Waals surface area contributed by atoms with Crippen LogP contribution in [0.15, 0.2) is 41.3 Å². The molecule has 1 atom stereocenters. The number of anilines is 2. The highest BCUT2D eigenvalue weighted by Crippen LogP contribution is 2.26. The number of rotatable bonds is 6. The SMILES string of the molecule is Cc1ccc(C)c(NC(=O)[C@H](NS(=O)(=O)c2ccc3c(c2)CCCC(=O)N3)C(C)C)c1. The van der Waals surface area contributed by atoms with Crippen molar-refractivity contribution in [3.05, 3.63) is 53.1 Å². The first kappa shape index (κ1) is 23.0. The zero-order chi connectivity index (χ0) is 22.8. The molecule has 2 aromatic rings. The highest BCUT2D eigenvalue weighted by molar-refractivity contribution is 7.89. The molecule has 3 N–H and O–H groups in total. The van der Waals surface area contributed by atoms with Crippen LogP contribution in [0, 0.1) is 19.8 Å². The Morgan fingerprint density at radius 3 is 2.52 bits per heavy atom. The Kier molecular flexibility index (Phi) is 6.81. The lowest BCUT2D eigenvalue weighted by molar-refractivity contribution is -0.118. The standard InChI is InChI=1S/C23H29N3O4S/c1-14(2)22(23(28)25-20-12-15(3)8-9-16(20)4)26-31(29,30)18-10-11-19-17(13-18)6-5-7-21(27)24-19/h8-14,22,26H,5-7H2,1-4H3,(H,24,27)(H,25,28)/t22-/m1/s1. The molecule has 8 heteroatoms. The van der Waals surface area contributed by atoms with Gasteiger partial charge >= 0.3 is 0 Å². The molecule has 0 aliphatic carbocycles. The predicted octanol–water partition coefficient (Wildman–Crippen LogP) is 3.52. The molecule has 3 rings (SSSR count). The van der Waals surface area contributed by atoms with Crippen molar-refractivity contribution < 1.29 is 18.0 Å². The minimum Gasteiger partial charge on any atom is -0.326 e. The molecule has 0 saturated carbocycles. The van der Waals surface area contributed by atoms with E-state index in [1.54, 1.807) is 26.0 Å². The van der Waals surface area contributed by atoms with Gasteiger partial charge in [0.2, 0.25) is 21.8 Å². The smallest absolute Gasteiger partial charge is 0.242 e. The van der Waals surface area contributed by atoms with Crippen molar-refractivity contribution in [2.45, 2.75) is 57.9 Å². The van der Waals surface area contributed by atoms with Crippen molar-refractivity contribution in [3.8, 4) is 0 Å². The topological polar surface area (TPSA) is 104 Å². The van der Waals surface area contributed by atoms with Crippen LogP contribution in [0.2, 0.25) is 0 Å². The summed E-state index contributed by atoms with van der Waals surface area (Å²) in [6.45, 7) is 7.40. The summed E-state index contributed by atoms with van der Waals surface area (Å²) in [5.41, 5.74) is 3.97. The van der Waals surface area contributed by atoms with Crippen LogP contribution in [-0.4, -0.2) is 26.3 Å². The quantitative estimate of drug-likeness (QED) is 0.635. The number of hydrogen-bond acceptors (Lipinski definition) is 4. The van der Waals surface area contributed by atoms with E-state index >= 15 is 0 Å². The number of carbonyl (C=O) groups excluding carboxylic acids is 2. The van der Waals surface area contributed by atoms with Crippen LogP contribution < -0.4 is 15.4 Å². The molecular weight excluding hydrogens is 414 g/mol. The summed E-state index contributed by atoms with van der Waals surface area (Å²) in [7, 11) is -3.94. The molecule has 0 aromatic heterocycles. The number of benzene rings is 2. The molecule has 7 nitrogen and oxygen atoms in total. The highest BCUT2D eigenvalue weighted by Gasteiger charge is 2.29. The number of carbonyl (C=O) groups is 2. The highest BCUT2D eigenvalue weighted by atomic mass is 32.2. The molecule has 1 aliphatic heterocycles. The Morgan fingerprint density at radius 2 is 1.81 bits per heavy atom. The van der Waals surface area contributed by atoms with Crippen LogP contribution in [0.3, 0.4) is 0 Å². The maximum Gasteiger partial charge on any atom is 0.242 e. The van der Waals surface area contributed by atoms with Crippen LogP contribution in [0.5, 0.6) is 0 Å². The molecule has 0 bridgehead atoms. The molecule has 1 heterocycles. The second kappa shape index (κ2) is 9.20. The van der Waals surface area contributed by atoms with Crippen LogP contribution in [0.1, 0.15) is 43.4 Å². The number of aryl methyl sites for hydroxylation is 3. The van der Waals surface area contributed by atoms with Gasteiger partial charge < -0.3 is 10.6 Å².